The first kappa shape index (κ1) is 9.26. The summed E-state index contributed by atoms with van der Waals surface area (Å²) in [5.41, 5.74) is 6.21. The average molecular weight is 214 g/mol. The molecule has 0 aromatic carbocycles. The molecule has 1 aromatic heterocycles. The Morgan fingerprint density at radius 3 is 2.79 bits per heavy atom. The van der Waals surface area contributed by atoms with Crippen LogP contribution in [0.4, 0.5) is 5.69 Å². The van der Waals surface area contributed by atoms with Gasteiger partial charge in [-0.05, 0) is 6.07 Å². The maximum Gasteiger partial charge on any atom is 0.250 e. The number of nitrogens with zero attached hydrogens (tertiary/aromatic N) is 1. The van der Waals surface area contributed by atoms with Crippen molar-refractivity contribution in [1.82, 2.24) is 4.57 Å². The number of fused-ring (bicyclic) bond motifs is 1. The van der Waals surface area contributed by atoms with E-state index in [-0.39, 0.29) is 23.6 Å². The molecular weight excluding hydrogens is 204 g/mol. The molecule has 0 bridgehead atoms. The smallest absolute Gasteiger partial charge is 0.250 e. The van der Waals surface area contributed by atoms with Gasteiger partial charge in [0.05, 0.1) is 22.9 Å². The van der Waals surface area contributed by atoms with Gasteiger partial charge in [0.25, 0.3) is 5.56 Å². The molecule has 0 amide bonds. The first-order valence-electron chi connectivity index (χ1n) is 4.18. The lowest BCUT2D eigenvalue weighted by Gasteiger charge is -2.19. The molecule has 1 aliphatic heterocycles. The molecule has 0 spiro atoms. The van der Waals surface area contributed by atoms with Crippen molar-refractivity contribution in [1.29, 1.82) is 0 Å². The van der Waals surface area contributed by atoms with E-state index in [1.165, 1.54) is 16.7 Å². The first-order chi connectivity index (χ1) is 6.49. The standard InChI is InChI=1S/C8H10N2O3S/c9-6-1-2-8(11)10-3-4-14(12,13)5-7(6)10/h1-2H,3-5,9H2. The van der Waals surface area contributed by atoms with Crippen LogP contribution in [0.3, 0.4) is 0 Å². The van der Waals surface area contributed by atoms with Crippen LogP contribution in [0.1, 0.15) is 5.69 Å². The number of aromatic nitrogens is 1. The maximum absolute atomic E-state index is 11.3. The topological polar surface area (TPSA) is 82.2 Å². The fraction of sp³-hybridized carbons (Fsp3) is 0.375. The number of sulfone groups is 1. The second-order valence-corrected chi connectivity index (χ2v) is 5.50. The van der Waals surface area contributed by atoms with Crippen molar-refractivity contribution in [3.8, 4) is 0 Å². The lowest BCUT2D eigenvalue weighted by molar-refractivity contribution is 0.568. The van der Waals surface area contributed by atoms with Crippen molar-refractivity contribution in [2.75, 3.05) is 11.5 Å². The van der Waals surface area contributed by atoms with E-state index in [0.29, 0.717) is 11.4 Å². The summed E-state index contributed by atoms with van der Waals surface area (Å²) in [4.78, 5) is 11.3. The summed E-state index contributed by atoms with van der Waals surface area (Å²) in [6, 6.07) is 2.81. The Kier molecular flexibility index (Phi) is 1.88. The number of nitrogens with two attached hydrogens (primary N) is 1. The van der Waals surface area contributed by atoms with E-state index in [0.717, 1.165) is 0 Å². The molecule has 2 rings (SSSR count). The summed E-state index contributed by atoms with van der Waals surface area (Å²) < 4.78 is 24.0. The van der Waals surface area contributed by atoms with E-state index >= 15 is 0 Å². The van der Waals surface area contributed by atoms with Crippen LogP contribution in [0.2, 0.25) is 0 Å². The third-order valence-corrected chi connectivity index (χ3v) is 3.83. The normalized spacial score (nSPS) is 18.9. The van der Waals surface area contributed by atoms with Crippen LogP contribution in [0.25, 0.3) is 0 Å². The van der Waals surface area contributed by atoms with Gasteiger partial charge in [0.1, 0.15) is 0 Å². The highest BCUT2D eigenvalue weighted by atomic mass is 32.2. The predicted octanol–water partition coefficient (Wildman–Crippen LogP) is -0.641. The lowest BCUT2D eigenvalue weighted by Crippen LogP contribution is -2.33. The summed E-state index contributed by atoms with van der Waals surface area (Å²) >= 11 is 0. The summed E-state index contributed by atoms with van der Waals surface area (Å²) in [6.45, 7) is 0.210. The van der Waals surface area contributed by atoms with Crippen molar-refractivity contribution >= 4 is 15.5 Å². The Hall–Kier alpha value is -1.30. The number of hydrogen-bond donors (Lipinski definition) is 1. The van der Waals surface area contributed by atoms with Crippen LogP contribution in [-0.4, -0.2) is 18.7 Å². The van der Waals surface area contributed by atoms with Crippen molar-refractivity contribution in [3.05, 3.63) is 28.2 Å². The molecule has 0 fully saturated rings. The molecule has 2 heterocycles. The minimum Gasteiger partial charge on any atom is -0.397 e. The van der Waals surface area contributed by atoms with Gasteiger partial charge in [0, 0.05) is 12.6 Å². The number of nitrogen functional groups attached to an aromatic ring is 1. The van der Waals surface area contributed by atoms with Crippen molar-refractivity contribution in [2.45, 2.75) is 12.3 Å². The van der Waals surface area contributed by atoms with Gasteiger partial charge in [-0.25, -0.2) is 8.42 Å². The van der Waals surface area contributed by atoms with Crippen LogP contribution in [0.15, 0.2) is 16.9 Å². The van der Waals surface area contributed by atoms with Crippen molar-refractivity contribution in [2.24, 2.45) is 0 Å². The van der Waals surface area contributed by atoms with Gasteiger partial charge in [-0.3, -0.25) is 4.79 Å². The summed E-state index contributed by atoms with van der Waals surface area (Å²) in [5, 5.41) is 0. The highest BCUT2D eigenvalue weighted by molar-refractivity contribution is 7.90. The highest BCUT2D eigenvalue weighted by Gasteiger charge is 2.23. The highest BCUT2D eigenvalue weighted by Crippen LogP contribution is 2.17. The van der Waals surface area contributed by atoms with E-state index in [1.807, 2.05) is 0 Å². The van der Waals surface area contributed by atoms with Gasteiger partial charge in [0.2, 0.25) is 0 Å². The number of hydrogen-bond acceptors (Lipinski definition) is 4. The third kappa shape index (κ3) is 1.41. The molecule has 6 heteroatoms. The molecule has 1 aliphatic rings. The SMILES string of the molecule is Nc1ccc(=O)n2c1CS(=O)(=O)CC2. The largest absolute Gasteiger partial charge is 0.397 e. The molecule has 0 atom stereocenters. The average Bonchev–Trinajstić information content (AvgIpc) is 2.10. The second kappa shape index (κ2) is 2.84. The molecular formula is C8H10N2O3S. The molecule has 2 N–H and O–H groups in total. The van der Waals surface area contributed by atoms with Gasteiger partial charge >= 0.3 is 0 Å². The van der Waals surface area contributed by atoms with E-state index in [9.17, 15) is 13.2 Å². The van der Waals surface area contributed by atoms with E-state index in [2.05, 4.69) is 0 Å². The molecule has 76 valence electrons. The summed E-state index contributed by atoms with van der Waals surface area (Å²) in [7, 11) is -3.08. The minimum atomic E-state index is -3.08. The summed E-state index contributed by atoms with van der Waals surface area (Å²) in [6.07, 6.45) is 0. The second-order valence-electron chi connectivity index (χ2n) is 3.32. The van der Waals surface area contributed by atoms with E-state index in [1.54, 1.807) is 0 Å². The van der Waals surface area contributed by atoms with Gasteiger partial charge in [-0.1, -0.05) is 0 Å². The molecule has 5 nitrogen and oxygen atoms in total. The molecule has 0 saturated heterocycles. The zero-order chi connectivity index (χ0) is 10.3. The Labute approximate surface area is 81.1 Å². The quantitative estimate of drug-likeness (QED) is 0.622. The molecule has 0 saturated carbocycles. The van der Waals surface area contributed by atoms with E-state index < -0.39 is 9.84 Å². The van der Waals surface area contributed by atoms with Gasteiger partial charge in [-0.2, -0.15) is 0 Å². The number of rotatable bonds is 0. The Bertz CT molecular complexity index is 530. The van der Waals surface area contributed by atoms with Gasteiger partial charge < -0.3 is 10.3 Å². The first-order valence-corrected chi connectivity index (χ1v) is 6.00. The molecule has 14 heavy (non-hydrogen) atoms. The molecule has 0 unspecified atom stereocenters. The van der Waals surface area contributed by atoms with Crippen LogP contribution in [0, 0.1) is 0 Å². The third-order valence-electron chi connectivity index (χ3n) is 2.31. The van der Waals surface area contributed by atoms with Crippen molar-refractivity contribution in [3.63, 3.8) is 0 Å². The minimum absolute atomic E-state index is 0.0172. The van der Waals surface area contributed by atoms with E-state index in [4.69, 9.17) is 5.73 Å². The fourth-order valence-electron chi connectivity index (χ4n) is 1.55. The van der Waals surface area contributed by atoms with Crippen LogP contribution < -0.4 is 11.3 Å². The van der Waals surface area contributed by atoms with Gasteiger partial charge in [-0.15, -0.1) is 0 Å². The fourth-order valence-corrected chi connectivity index (χ4v) is 2.90. The predicted molar refractivity (Wildman–Crippen MR) is 52.6 cm³/mol. The Morgan fingerprint density at radius 2 is 2.07 bits per heavy atom. The Balaban J connectivity index is 2.68. The molecule has 0 radical (unpaired) electrons. The zero-order valence-electron chi connectivity index (χ0n) is 7.43. The van der Waals surface area contributed by atoms with Crippen LogP contribution in [-0.2, 0) is 22.1 Å². The number of anilines is 1. The zero-order valence-corrected chi connectivity index (χ0v) is 8.25. The lowest BCUT2D eigenvalue weighted by atomic mass is 10.3. The Morgan fingerprint density at radius 1 is 1.36 bits per heavy atom. The van der Waals surface area contributed by atoms with Crippen LogP contribution >= 0.6 is 0 Å². The maximum atomic E-state index is 11.3. The number of pyridine rings is 1. The van der Waals surface area contributed by atoms with Crippen molar-refractivity contribution < 1.29 is 8.42 Å². The summed E-state index contributed by atoms with van der Waals surface area (Å²) in [5.74, 6) is -0.113. The molecule has 1 aromatic rings. The monoisotopic (exact) mass is 214 g/mol. The van der Waals surface area contributed by atoms with Gasteiger partial charge in [0.15, 0.2) is 9.84 Å². The van der Waals surface area contributed by atoms with Crippen LogP contribution in [0.5, 0.6) is 0 Å². The molecule has 0 aliphatic carbocycles.